The number of hydrogen-bond donors (Lipinski definition) is 2. The maximum absolute atomic E-state index is 12.3. The van der Waals surface area contributed by atoms with E-state index in [9.17, 15) is 9.59 Å². The summed E-state index contributed by atoms with van der Waals surface area (Å²) in [6.45, 7) is 1.67. The predicted octanol–water partition coefficient (Wildman–Crippen LogP) is 2.78. The summed E-state index contributed by atoms with van der Waals surface area (Å²) in [6.07, 6.45) is 4.48. The predicted molar refractivity (Wildman–Crippen MR) is 90.1 cm³/mol. The normalized spacial score (nSPS) is 17.1. The Morgan fingerprint density at radius 3 is 2.50 bits per heavy atom. The minimum Gasteiger partial charge on any atom is -0.339 e. The molecule has 0 unspecified atom stereocenters. The molecule has 0 atom stereocenters. The molecule has 6 nitrogen and oxygen atoms in total. The van der Waals surface area contributed by atoms with E-state index in [0.29, 0.717) is 22.9 Å². The summed E-state index contributed by atoms with van der Waals surface area (Å²) in [7, 11) is 0. The van der Waals surface area contributed by atoms with Crippen LogP contribution in [0.15, 0.2) is 30.3 Å². The molecule has 124 valence electrons. The number of nitrogens with one attached hydrogen (secondary N) is 2. The minimum atomic E-state index is -0.239. The van der Waals surface area contributed by atoms with Crippen molar-refractivity contribution >= 4 is 17.5 Å². The van der Waals surface area contributed by atoms with Crippen molar-refractivity contribution in [1.29, 1.82) is 0 Å². The van der Waals surface area contributed by atoms with Crippen LogP contribution in [0.4, 0.5) is 5.69 Å². The third-order valence-corrected chi connectivity index (χ3v) is 4.63. The number of anilines is 1. The second-order valence-corrected chi connectivity index (χ2v) is 6.51. The molecule has 1 aliphatic carbocycles. The lowest BCUT2D eigenvalue weighted by Gasteiger charge is -2.15. The van der Waals surface area contributed by atoms with Crippen molar-refractivity contribution in [2.75, 3.05) is 18.4 Å². The fraction of sp³-hybridized carbons (Fsp3) is 0.389. The molecule has 4 rings (SSSR count). The zero-order valence-electron chi connectivity index (χ0n) is 13.4. The third-order valence-electron chi connectivity index (χ3n) is 4.63. The van der Waals surface area contributed by atoms with Gasteiger partial charge in [0.05, 0.1) is 0 Å². The molecule has 2 aliphatic rings. The van der Waals surface area contributed by atoms with Crippen molar-refractivity contribution < 1.29 is 9.59 Å². The van der Waals surface area contributed by atoms with Gasteiger partial charge >= 0.3 is 0 Å². The zero-order valence-corrected chi connectivity index (χ0v) is 13.4. The Balaban J connectivity index is 1.40. The number of H-pyrrole nitrogens is 1. The first-order valence-corrected chi connectivity index (χ1v) is 8.47. The molecule has 0 radical (unpaired) electrons. The van der Waals surface area contributed by atoms with E-state index < -0.39 is 0 Å². The van der Waals surface area contributed by atoms with Gasteiger partial charge in [0.1, 0.15) is 0 Å². The molecule has 2 heterocycles. The first kappa shape index (κ1) is 14.9. The van der Waals surface area contributed by atoms with E-state index in [1.807, 2.05) is 11.0 Å². The van der Waals surface area contributed by atoms with E-state index >= 15 is 0 Å². The van der Waals surface area contributed by atoms with Crippen LogP contribution in [0.3, 0.4) is 0 Å². The fourth-order valence-electron chi connectivity index (χ4n) is 3.05. The molecule has 24 heavy (non-hydrogen) atoms. The zero-order chi connectivity index (χ0) is 16.5. The van der Waals surface area contributed by atoms with Gasteiger partial charge in [0.25, 0.3) is 11.8 Å². The average Bonchev–Trinajstić information content (AvgIpc) is 3.12. The highest BCUT2D eigenvalue weighted by molar-refractivity contribution is 6.03. The number of amides is 2. The standard InChI is InChI=1S/C18H20N4O2/c23-17(16-11-15(20-21-16)12-3-4-12)19-14-7-5-13(6-8-14)18(24)22-9-1-2-10-22/h5-8,11-12H,1-4,9-10H2,(H,19,23)(H,20,21). The molecule has 1 aromatic carbocycles. The van der Waals surface area contributed by atoms with Crippen LogP contribution in [-0.2, 0) is 0 Å². The molecule has 2 N–H and O–H groups in total. The second kappa shape index (κ2) is 6.11. The molecule has 2 amide bonds. The monoisotopic (exact) mass is 324 g/mol. The number of hydrogen-bond acceptors (Lipinski definition) is 3. The van der Waals surface area contributed by atoms with Crippen molar-refractivity contribution in [2.45, 2.75) is 31.6 Å². The molecule has 0 spiro atoms. The highest BCUT2D eigenvalue weighted by Gasteiger charge is 2.26. The molecular formula is C18H20N4O2. The summed E-state index contributed by atoms with van der Waals surface area (Å²) in [6, 6.07) is 8.86. The third kappa shape index (κ3) is 3.04. The van der Waals surface area contributed by atoms with Gasteiger partial charge in [-0.15, -0.1) is 0 Å². The Morgan fingerprint density at radius 2 is 1.83 bits per heavy atom. The smallest absolute Gasteiger partial charge is 0.276 e. The average molecular weight is 324 g/mol. The van der Waals surface area contributed by atoms with E-state index in [4.69, 9.17) is 0 Å². The number of benzene rings is 1. The Morgan fingerprint density at radius 1 is 1.12 bits per heavy atom. The van der Waals surface area contributed by atoms with Gasteiger partial charge in [0.15, 0.2) is 5.69 Å². The van der Waals surface area contributed by atoms with Crippen molar-refractivity contribution in [3.8, 4) is 0 Å². The SMILES string of the molecule is O=C(Nc1ccc(C(=O)N2CCCC2)cc1)c1cc(C2CC2)[nH]n1. The molecule has 1 aliphatic heterocycles. The van der Waals surface area contributed by atoms with Crippen LogP contribution < -0.4 is 5.32 Å². The lowest BCUT2D eigenvalue weighted by molar-refractivity contribution is 0.0792. The summed E-state index contributed by atoms with van der Waals surface area (Å²) in [5, 5.41) is 9.82. The quantitative estimate of drug-likeness (QED) is 0.908. The van der Waals surface area contributed by atoms with E-state index in [1.165, 1.54) is 0 Å². The number of aromatic amines is 1. The minimum absolute atomic E-state index is 0.0618. The summed E-state index contributed by atoms with van der Waals surface area (Å²) >= 11 is 0. The van der Waals surface area contributed by atoms with E-state index in [-0.39, 0.29) is 11.8 Å². The van der Waals surface area contributed by atoms with Crippen molar-refractivity contribution in [2.24, 2.45) is 0 Å². The summed E-state index contributed by atoms with van der Waals surface area (Å²) in [5.41, 5.74) is 2.75. The van der Waals surface area contributed by atoms with Gasteiger partial charge in [-0.25, -0.2) is 0 Å². The molecule has 1 aromatic heterocycles. The van der Waals surface area contributed by atoms with Crippen molar-refractivity contribution in [3.05, 3.63) is 47.3 Å². The van der Waals surface area contributed by atoms with Crippen LogP contribution in [0, 0.1) is 0 Å². The van der Waals surface area contributed by atoms with Crippen LogP contribution >= 0.6 is 0 Å². The molecule has 6 heteroatoms. The first-order chi connectivity index (χ1) is 11.7. The Kier molecular flexibility index (Phi) is 3.80. The lowest BCUT2D eigenvalue weighted by atomic mass is 10.2. The summed E-state index contributed by atoms with van der Waals surface area (Å²) in [5.74, 6) is 0.360. The molecule has 2 fully saturated rings. The van der Waals surface area contributed by atoms with Gasteiger partial charge < -0.3 is 10.2 Å². The van der Waals surface area contributed by atoms with Gasteiger partial charge in [0, 0.05) is 36.0 Å². The van der Waals surface area contributed by atoms with Gasteiger partial charge in [-0.05, 0) is 56.0 Å². The van der Waals surface area contributed by atoms with Crippen LogP contribution in [0.5, 0.6) is 0 Å². The number of aromatic nitrogens is 2. The summed E-state index contributed by atoms with van der Waals surface area (Å²) < 4.78 is 0. The number of carbonyl (C=O) groups excluding carboxylic acids is 2. The Hall–Kier alpha value is -2.63. The second-order valence-electron chi connectivity index (χ2n) is 6.51. The van der Waals surface area contributed by atoms with Crippen LogP contribution in [0.2, 0.25) is 0 Å². The first-order valence-electron chi connectivity index (χ1n) is 8.47. The van der Waals surface area contributed by atoms with E-state index in [2.05, 4.69) is 15.5 Å². The molecular weight excluding hydrogens is 304 g/mol. The van der Waals surface area contributed by atoms with E-state index in [0.717, 1.165) is 44.5 Å². The van der Waals surface area contributed by atoms with Crippen molar-refractivity contribution in [3.63, 3.8) is 0 Å². The number of rotatable bonds is 4. The van der Waals surface area contributed by atoms with Crippen LogP contribution in [0.1, 0.15) is 58.1 Å². The Labute approximate surface area is 140 Å². The van der Waals surface area contributed by atoms with Gasteiger partial charge in [-0.1, -0.05) is 0 Å². The number of carbonyl (C=O) groups is 2. The van der Waals surface area contributed by atoms with Crippen molar-refractivity contribution in [1.82, 2.24) is 15.1 Å². The van der Waals surface area contributed by atoms with Gasteiger partial charge in [-0.3, -0.25) is 14.7 Å². The van der Waals surface area contributed by atoms with Crippen LogP contribution in [-0.4, -0.2) is 40.0 Å². The molecule has 1 saturated heterocycles. The highest BCUT2D eigenvalue weighted by Crippen LogP contribution is 2.39. The number of likely N-dealkylation sites (tertiary alicyclic amines) is 1. The lowest BCUT2D eigenvalue weighted by Crippen LogP contribution is -2.27. The maximum Gasteiger partial charge on any atom is 0.276 e. The largest absolute Gasteiger partial charge is 0.339 e. The molecule has 2 aromatic rings. The van der Waals surface area contributed by atoms with E-state index in [1.54, 1.807) is 24.3 Å². The number of nitrogens with zero attached hydrogens (tertiary/aromatic N) is 2. The highest BCUT2D eigenvalue weighted by atomic mass is 16.2. The Bertz CT molecular complexity index is 756. The summed E-state index contributed by atoms with van der Waals surface area (Å²) in [4.78, 5) is 26.4. The van der Waals surface area contributed by atoms with Crippen LogP contribution in [0.25, 0.3) is 0 Å². The maximum atomic E-state index is 12.3. The van der Waals surface area contributed by atoms with Gasteiger partial charge in [-0.2, -0.15) is 5.10 Å². The molecule has 1 saturated carbocycles. The fourth-order valence-corrected chi connectivity index (χ4v) is 3.05. The molecule has 0 bridgehead atoms. The topological polar surface area (TPSA) is 78.1 Å². The van der Waals surface area contributed by atoms with Gasteiger partial charge in [0.2, 0.25) is 0 Å².